The Morgan fingerprint density at radius 1 is 2.00 bits per heavy atom. The van der Waals surface area contributed by atoms with Crippen LogP contribution in [0.25, 0.3) is 0 Å². The van der Waals surface area contributed by atoms with Gasteiger partial charge in [0.05, 0.1) is 7.79 Å². The fourth-order valence-electron chi connectivity index (χ4n) is 0.123. The summed E-state index contributed by atoms with van der Waals surface area (Å²) in [4.78, 5) is 9.53. The van der Waals surface area contributed by atoms with Crippen LogP contribution in [0.2, 0.25) is 0 Å². The molecule has 2 nitrogen and oxygen atoms in total. The molecular weight excluding hydrogens is 104 g/mol. The van der Waals surface area contributed by atoms with Crippen LogP contribution in [0.4, 0.5) is 0 Å². The minimum absolute atomic E-state index is 0.0556. The van der Waals surface area contributed by atoms with Gasteiger partial charge in [-0.1, -0.05) is 6.08 Å². The molecule has 0 radical (unpaired) electrons. The zero-order chi connectivity index (χ0) is 7.70. The van der Waals surface area contributed by atoms with E-state index in [1.807, 2.05) is 0 Å². The molecule has 0 aliphatic carbocycles. The number of carboxylic acids is 1. The molecule has 2 heteroatoms. The Balaban J connectivity index is 0. The molecule has 0 atom stereocenters. The molecule has 0 amide bonds. The highest BCUT2D eigenvalue weighted by molar-refractivity contribution is 5.68. The summed E-state index contributed by atoms with van der Waals surface area (Å²) in [6.07, 6.45) is 1.41. The standard InChI is InChI=1S/C4H6O2.C2H4/c1-2-3-4(5)6;1-2/h2H,1,3H2,(H,5,6);1-2H2/i;1D. The minimum Gasteiger partial charge on any atom is -0.481 e. The Kier molecular flexibility index (Phi) is 8.12. The number of rotatable bonds is 2. The van der Waals surface area contributed by atoms with Gasteiger partial charge in [0, 0.05) is 0 Å². The van der Waals surface area contributed by atoms with E-state index in [0.29, 0.717) is 0 Å². The van der Waals surface area contributed by atoms with E-state index in [1.165, 1.54) is 6.08 Å². The minimum atomic E-state index is -0.829. The monoisotopic (exact) mass is 115 g/mol. The number of aliphatic carboxylic acids is 1. The number of carbonyl (C=O) groups is 1. The Morgan fingerprint density at radius 3 is 2.38 bits per heavy atom. The van der Waals surface area contributed by atoms with Gasteiger partial charge < -0.3 is 5.11 Å². The van der Waals surface area contributed by atoms with E-state index < -0.39 is 5.97 Å². The average molecular weight is 115 g/mol. The third-order valence-electron chi connectivity index (χ3n) is 0.319. The Morgan fingerprint density at radius 2 is 2.38 bits per heavy atom. The van der Waals surface area contributed by atoms with E-state index >= 15 is 0 Å². The molecule has 0 aromatic heterocycles. The summed E-state index contributed by atoms with van der Waals surface area (Å²) in [6, 6.07) is 0. The van der Waals surface area contributed by atoms with Crippen LogP contribution in [0.5, 0.6) is 0 Å². The summed E-state index contributed by atoms with van der Waals surface area (Å²) in [5, 5.41) is 7.84. The van der Waals surface area contributed by atoms with Gasteiger partial charge in [-0.3, -0.25) is 4.79 Å². The maximum Gasteiger partial charge on any atom is 0.307 e. The Labute approximate surface area is 50.6 Å². The molecule has 0 spiro atoms. The van der Waals surface area contributed by atoms with Crippen molar-refractivity contribution in [1.82, 2.24) is 0 Å². The molecule has 46 valence electrons. The van der Waals surface area contributed by atoms with E-state index in [1.54, 1.807) is 0 Å². The fraction of sp³-hybridized carbons (Fsp3) is 0.167. The topological polar surface area (TPSA) is 37.3 Å². The maximum atomic E-state index is 9.53. The molecule has 0 fully saturated rings. The molecule has 0 aromatic carbocycles. The fourth-order valence-corrected chi connectivity index (χ4v) is 0.123. The van der Waals surface area contributed by atoms with Crippen LogP contribution in [0.3, 0.4) is 0 Å². The van der Waals surface area contributed by atoms with Gasteiger partial charge in [0.15, 0.2) is 0 Å². The lowest BCUT2D eigenvalue weighted by Gasteiger charge is -1.75. The third kappa shape index (κ3) is 20.3. The highest BCUT2D eigenvalue weighted by Crippen LogP contribution is 1.74. The molecule has 0 rings (SSSR count). The molecule has 0 heterocycles. The summed E-state index contributed by atoms with van der Waals surface area (Å²) in [5.41, 5.74) is 0. The van der Waals surface area contributed by atoms with Crippen LogP contribution in [0.1, 0.15) is 7.79 Å². The first-order chi connectivity index (χ1) is 4.18. The number of hydrogen-bond donors (Lipinski definition) is 1. The zero-order valence-electron chi connectivity index (χ0n) is 5.63. The second kappa shape index (κ2) is 9.34. The summed E-state index contributed by atoms with van der Waals surface area (Å²) in [7, 11) is 0. The molecule has 0 aliphatic rings. The summed E-state index contributed by atoms with van der Waals surface area (Å²) in [6.45, 7) is 7.25. The second-order valence-electron chi connectivity index (χ2n) is 0.887. The molecule has 0 unspecified atom stereocenters. The van der Waals surface area contributed by atoms with Crippen molar-refractivity contribution in [3.8, 4) is 0 Å². The predicted octanol–water partition coefficient (Wildman–Crippen LogP) is 1.45. The van der Waals surface area contributed by atoms with E-state index in [2.05, 4.69) is 13.2 Å². The summed E-state index contributed by atoms with van der Waals surface area (Å²) >= 11 is 0. The highest BCUT2D eigenvalue weighted by atomic mass is 16.4. The second-order valence-corrected chi connectivity index (χ2v) is 0.887. The lowest BCUT2D eigenvalue weighted by atomic mass is 10.4. The Hall–Kier alpha value is -1.05. The molecule has 0 aromatic rings. The Bertz CT molecular complexity index is 99.2. The average Bonchev–Trinajstić information content (AvgIpc) is 1.67. The summed E-state index contributed by atoms with van der Waals surface area (Å²) < 4.78 is 5.97. The van der Waals surface area contributed by atoms with Crippen LogP contribution in [0, 0.1) is 0 Å². The van der Waals surface area contributed by atoms with E-state index in [9.17, 15) is 4.79 Å². The third-order valence-corrected chi connectivity index (χ3v) is 0.319. The van der Waals surface area contributed by atoms with Crippen molar-refractivity contribution in [2.45, 2.75) is 6.42 Å². The smallest absolute Gasteiger partial charge is 0.307 e. The van der Waals surface area contributed by atoms with Crippen LogP contribution in [-0.4, -0.2) is 11.1 Å². The van der Waals surface area contributed by atoms with E-state index in [0.717, 1.165) is 6.55 Å². The van der Waals surface area contributed by atoms with E-state index in [4.69, 9.17) is 6.48 Å². The van der Waals surface area contributed by atoms with Crippen molar-refractivity contribution < 1.29 is 11.3 Å². The molecule has 0 bridgehead atoms. The summed E-state index contributed by atoms with van der Waals surface area (Å²) in [5.74, 6) is -0.829. The molecule has 0 saturated heterocycles. The van der Waals surface area contributed by atoms with Crippen LogP contribution >= 0.6 is 0 Å². The lowest BCUT2D eigenvalue weighted by molar-refractivity contribution is -0.135. The molecular formula is C6H10O2. The van der Waals surface area contributed by atoms with Crippen LogP contribution < -0.4 is 0 Å². The van der Waals surface area contributed by atoms with Crippen molar-refractivity contribution >= 4 is 5.97 Å². The number of hydrogen-bond acceptors (Lipinski definition) is 1. The van der Waals surface area contributed by atoms with Gasteiger partial charge in [-0.25, -0.2) is 0 Å². The van der Waals surface area contributed by atoms with Crippen molar-refractivity contribution in [2.24, 2.45) is 0 Å². The van der Waals surface area contributed by atoms with Crippen molar-refractivity contribution in [1.29, 1.82) is 0 Å². The largest absolute Gasteiger partial charge is 0.481 e. The lowest BCUT2D eigenvalue weighted by Crippen LogP contribution is -1.88. The molecule has 0 saturated carbocycles. The molecule has 8 heavy (non-hydrogen) atoms. The molecule has 0 aliphatic heterocycles. The number of carboxylic acid groups (broad SMARTS) is 1. The highest BCUT2D eigenvalue weighted by Gasteiger charge is 1.84. The van der Waals surface area contributed by atoms with Gasteiger partial charge in [-0.15, -0.1) is 19.7 Å². The quantitative estimate of drug-likeness (QED) is 0.553. The normalized spacial score (nSPS) is 7.25. The van der Waals surface area contributed by atoms with Gasteiger partial charge in [-0.2, -0.15) is 0 Å². The van der Waals surface area contributed by atoms with Gasteiger partial charge in [0.2, 0.25) is 0 Å². The van der Waals surface area contributed by atoms with Crippen molar-refractivity contribution in [2.75, 3.05) is 0 Å². The van der Waals surface area contributed by atoms with Gasteiger partial charge in [0.1, 0.15) is 0 Å². The first kappa shape index (κ1) is 6.95. The first-order valence-corrected chi connectivity index (χ1v) is 2.01. The van der Waals surface area contributed by atoms with Gasteiger partial charge >= 0.3 is 5.97 Å². The van der Waals surface area contributed by atoms with Gasteiger partial charge in [-0.05, 0) is 0 Å². The van der Waals surface area contributed by atoms with Crippen molar-refractivity contribution in [3.05, 3.63) is 25.8 Å². The maximum absolute atomic E-state index is 9.53. The predicted molar refractivity (Wildman–Crippen MR) is 33.7 cm³/mol. The first-order valence-electron chi connectivity index (χ1n) is 2.58. The SMILES string of the molecule is C=CCC(=O)O.[2H]C=C. The zero-order valence-corrected chi connectivity index (χ0v) is 4.63. The van der Waals surface area contributed by atoms with Crippen LogP contribution in [0.15, 0.2) is 25.8 Å². The molecule has 1 N–H and O–H groups in total. The van der Waals surface area contributed by atoms with Crippen LogP contribution in [-0.2, 0) is 4.79 Å². The van der Waals surface area contributed by atoms with Gasteiger partial charge in [0.25, 0.3) is 0 Å². The van der Waals surface area contributed by atoms with Crippen molar-refractivity contribution in [3.63, 3.8) is 0 Å². The van der Waals surface area contributed by atoms with E-state index in [-0.39, 0.29) is 6.42 Å².